The molecule has 9 heteroatoms. The van der Waals surface area contributed by atoms with Gasteiger partial charge in [-0.15, -0.1) is 10.2 Å². The molecule has 3 aromatic rings. The first kappa shape index (κ1) is 16.7. The van der Waals surface area contributed by atoms with E-state index in [1.165, 1.54) is 0 Å². The number of anilines is 3. The van der Waals surface area contributed by atoms with Crippen molar-refractivity contribution >= 4 is 29.0 Å². The Morgan fingerprint density at radius 1 is 1.11 bits per heavy atom. The lowest BCUT2D eigenvalue weighted by Gasteiger charge is -2.11. The number of carbonyl (C=O) groups is 2. The first-order valence-corrected chi connectivity index (χ1v) is 8.48. The van der Waals surface area contributed by atoms with Crippen molar-refractivity contribution < 1.29 is 9.59 Å². The van der Waals surface area contributed by atoms with Crippen molar-refractivity contribution in [1.29, 1.82) is 0 Å². The second kappa shape index (κ2) is 7.24. The fourth-order valence-electron chi connectivity index (χ4n) is 2.74. The molecule has 2 aromatic heterocycles. The third kappa shape index (κ3) is 3.92. The molecule has 0 bridgehead atoms. The molecule has 1 atom stereocenters. The third-order valence-electron chi connectivity index (χ3n) is 4.13. The predicted molar refractivity (Wildman–Crippen MR) is 98.7 cm³/mol. The normalized spacial score (nSPS) is 16.0. The van der Waals surface area contributed by atoms with Gasteiger partial charge in [-0.05, 0) is 48.9 Å². The highest BCUT2D eigenvalue weighted by Gasteiger charge is 2.27. The van der Waals surface area contributed by atoms with Gasteiger partial charge in [0.15, 0.2) is 11.6 Å². The minimum atomic E-state index is -0.459. The highest BCUT2D eigenvalue weighted by molar-refractivity contribution is 5.99. The summed E-state index contributed by atoms with van der Waals surface area (Å²) in [6.45, 7) is 0. The first-order valence-electron chi connectivity index (χ1n) is 8.48. The number of carbonyl (C=O) groups excluding carboxylic acids is 2. The summed E-state index contributed by atoms with van der Waals surface area (Å²) in [4.78, 5) is 23.3. The number of nitrogens with one attached hydrogen (secondary N) is 3. The summed E-state index contributed by atoms with van der Waals surface area (Å²) in [5, 5.41) is 20.9. The van der Waals surface area contributed by atoms with Gasteiger partial charge >= 0.3 is 0 Å². The van der Waals surface area contributed by atoms with Crippen molar-refractivity contribution in [2.45, 2.75) is 18.9 Å². The van der Waals surface area contributed by atoms with Gasteiger partial charge in [0.2, 0.25) is 11.8 Å². The van der Waals surface area contributed by atoms with Crippen LogP contribution in [-0.2, 0) is 9.59 Å². The fourth-order valence-corrected chi connectivity index (χ4v) is 2.74. The summed E-state index contributed by atoms with van der Waals surface area (Å²) in [5.41, 5.74) is 1.47. The topological polar surface area (TPSA) is 114 Å². The molecule has 1 aliphatic rings. The van der Waals surface area contributed by atoms with E-state index in [0.29, 0.717) is 30.2 Å². The van der Waals surface area contributed by atoms with E-state index in [1.54, 1.807) is 29.2 Å². The maximum atomic E-state index is 12.1. The molecule has 1 unspecified atom stereocenters. The minimum Gasteiger partial charge on any atom is -0.344 e. The lowest BCUT2D eigenvalue weighted by molar-refractivity contribution is -0.122. The Labute approximate surface area is 154 Å². The van der Waals surface area contributed by atoms with Gasteiger partial charge in [0.25, 0.3) is 0 Å². The van der Waals surface area contributed by atoms with Crippen LogP contribution in [0.5, 0.6) is 0 Å². The molecular formula is C18H17N7O2. The highest BCUT2D eigenvalue weighted by Crippen LogP contribution is 2.18. The molecule has 0 aliphatic carbocycles. The number of hydrogen-bond donors (Lipinski definition) is 3. The van der Waals surface area contributed by atoms with Crippen LogP contribution < -0.4 is 16.0 Å². The zero-order chi connectivity index (χ0) is 18.6. The third-order valence-corrected chi connectivity index (χ3v) is 4.13. The van der Waals surface area contributed by atoms with E-state index in [-0.39, 0.29) is 11.8 Å². The molecule has 3 N–H and O–H groups in total. The average molecular weight is 363 g/mol. The number of benzene rings is 1. The zero-order valence-electron chi connectivity index (χ0n) is 14.3. The summed E-state index contributed by atoms with van der Waals surface area (Å²) >= 11 is 0. The Hall–Kier alpha value is -3.75. The van der Waals surface area contributed by atoms with Crippen LogP contribution >= 0.6 is 0 Å². The van der Waals surface area contributed by atoms with Gasteiger partial charge in [0, 0.05) is 30.2 Å². The Bertz CT molecular complexity index is 937. The van der Waals surface area contributed by atoms with Crippen LogP contribution in [0.3, 0.4) is 0 Å². The Kier molecular flexibility index (Phi) is 4.48. The average Bonchev–Trinajstić information content (AvgIpc) is 3.36. The van der Waals surface area contributed by atoms with Crippen LogP contribution in [-0.4, -0.2) is 37.8 Å². The molecule has 1 aromatic carbocycles. The van der Waals surface area contributed by atoms with E-state index < -0.39 is 6.04 Å². The van der Waals surface area contributed by atoms with E-state index in [2.05, 4.69) is 31.2 Å². The lowest BCUT2D eigenvalue weighted by Crippen LogP contribution is -2.37. The number of hydrogen-bond acceptors (Lipinski definition) is 6. The number of amides is 2. The lowest BCUT2D eigenvalue weighted by atomic mass is 10.2. The molecule has 27 heavy (non-hydrogen) atoms. The molecule has 136 valence electrons. The van der Waals surface area contributed by atoms with E-state index in [1.807, 2.05) is 30.3 Å². The van der Waals surface area contributed by atoms with Crippen LogP contribution in [0.25, 0.3) is 5.82 Å². The number of nitrogens with zero attached hydrogens (tertiary/aromatic N) is 4. The quantitative estimate of drug-likeness (QED) is 0.635. The van der Waals surface area contributed by atoms with Crippen molar-refractivity contribution in [2.24, 2.45) is 0 Å². The molecule has 0 spiro atoms. The maximum absolute atomic E-state index is 12.1. The summed E-state index contributed by atoms with van der Waals surface area (Å²) < 4.78 is 1.63. The van der Waals surface area contributed by atoms with Crippen molar-refractivity contribution in [3.63, 3.8) is 0 Å². The Balaban J connectivity index is 1.36. The van der Waals surface area contributed by atoms with Gasteiger partial charge in [-0.1, -0.05) is 0 Å². The molecule has 4 rings (SSSR count). The van der Waals surface area contributed by atoms with Crippen LogP contribution in [0, 0.1) is 0 Å². The molecule has 0 radical (unpaired) electrons. The van der Waals surface area contributed by atoms with Crippen LogP contribution in [0.4, 0.5) is 17.2 Å². The van der Waals surface area contributed by atoms with Crippen molar-refractivity contribution in [2.75, 3.05) is 10.6 Å². The molecule has 3 heterocycles. The number of rotatable bonds is 5. The fraction of sp³-hybridized carbons (Fsp3) is 0.167. The maximum Gasteiger partial charge on any atom is 0.246 e. The molecule has 1 saturated heterocycles. The SMILES string of the molecule is O=C1CCC(C(=O)Nc2ccc(Nc3ccc(-n4cccn4)nn3)cc2)N1. The van der Waals surface area contributed by atoms with Crippen molar-refractivity contribution in [1.82, 2.24) is 25.3 Å². The summed E-state index contributed by atoms with van der Waals surface area (Å²) in [6, 6.07) is 12.2. The van der Waals surface area contributed by atoms with Crippen molar-refractivity contribution in [3.05, 3.63) is 54.9 Å². The molecule has 1 fully saturated rings. The van der Waals surface area contributed by atoms with Gasteiger partial charge in [-0.25, -0.2) is 4.68 Å². The molecule has 9 nitrogen and oxygen atoms in total. The van der Waals surface area contributed by atoms with Crippen molar-refractivity contribution in [3.8, 4) is 5.82 Å². The monoisotopic (exact) mass is 363 g/mol. The van der Waals surface area contributed by atoms with E-state index in [0.717, 1.165) is 5.69 Å². The van der Waals surface area contributed by atoms with E-state index >= 15 is 0 Å². The molecular weight excluding hydrogens is 346 g/mol. The largest absolute Gasteiger partial charge is 0.344 e. The molecule has 2 amide bonds. The van der Waals surface area contributed by atoms with Crippen LogP contribution in [0.1, 0.15) is 12.8 Å². The van der Waals surface area contributed by atoms with Gasteiger partial charge in [-0.3, -0.25) is 9.59 Å². The second-order valence-electron chi connectivity index (χ2n) is 6.08. The standard InChI is InChI=1S/C18H17N7O2/c26-17-9-6-14(22-17)18(27)21-13-4-2-12(3-5-13)20-15-7-8-16(24-23-15)25-11-1-10-19-25/h1-5,7-8,10-11,14H,6,9H2,(H,20,23)(H,21,27)(H,22,26). The Morgan fingerprint density at radius 2 is 1.93 bits per heavy atom. The molecule has 0 saturated carbocycles. The minimum absolute atomic E-state index is 0.0885. The molecule has 1 aliphatic heterocycles. The first-order chi connectivity index (χ1) is 13.2. The summed E-state index contributed by atoms with van der Waals surface area (Å²) in [5.74, 6) is 0.926. The summed E-state index contributed by atoms with van der Waals surface area (Å²) in [7, 11) is 0. The van der Waals surface area contributed by atoms with E-state index in [9.17, 15) is 9.59 Å². The Morgan fingerprint density at radius 3 is 2.56 bits per heavy atom. The smallest absolute Gasteiger partial charge is 0.246 e. The van der Waals surface area contributed by atoms with Gasteiger partial charge in [0.05, 0.1) is 0 Å². The van der Waals surface area contributed by atoms with E-state index in [4.69, 9.17) is 0 Å². The van der Waals surface area contributed by atoms with Gasteiger partial charge < -0.3 is 16.0 Å². The number of aromatic nitrogens is 4. The van der Waals surface area contributed by atoms with Gasteiger partial charge in [-0.2, -0.15) is 5.10 Å². The van der Waals surface area contributed by atoms with Gasteiger partial charge in [0.1, 0.15) is 6.04 Å². The predicted octanol–water partition coefficient (Wildman–Crippen LogP) is 1.62. The van der Waals surface area contributed by atoms with Crippen LogP contribution in [0.15, 0.2) is 54.9 Å². The highest BCUT2D eigenvalue weighted by atomic mass is 16.2. The zero-order valence-corrected chi connectivity index (χ0v) is 14.3. The second-order valence-corrected chi connectivity index (χ2v) is 6.08. The van der Waals surface area contributed by atoms with Crippen LogP contribution in [0.2, 0.25) is 0 Å². The summed E-state index contributed by atoms with van der Waals surface area (Å²) in [6.07, 6.45) is 4.38.